The minimum atomic E-state index is -0.799. The van der Waals surface area contributed by atoms with Gasteiger partial charge in [0.25, 0.3) is 0 Å². The molecule has 0 fully saturated rings. The molecule has 0 saturated heterocycles. The van der Waals surface area contributed by atoms with Crippen LogP contribution in [-0.4, -0.2) is 23.2 Å². The third-order valence-electron chi connectivity index (χ3n) is 0.312. The summed E-state index contributed by atoms with van der Waals surface area (Å²) in [5.74, 6) is 0. The van der Waals surface area contributed by atoms with Crippen molar-refractivity contribution in [3.63, 3.8) is 0 Å². The van der Waals surface area contributed by atoms with Crippen molar-refractivity contribution in [1.29, 1.82) is 0 Å². The van der Waals surface area contributed by atoms with E-state index < -0.39 is 6.23 Å². The highest BCUT2D eigenvalue weighted by molar-refractivity contribution is 4.30. The zero-order valence-corrected chi connectivity index (χ0v) is 4.07. The summed E-state index contributed by atoms with van der Waals surface area (Å²) in [6.07, 6.45) is -0.799. The van der Waals surface area contributed by atoms with E-state index in [2.05, 4.69) is 10.2 Å². The molecule has 0 spiro atoms. The molecule has 0 rings (SSSR count). The maximum atomic E-state index is 8.31. The summed E-state index contributed by atoms with van der Waals surface area (Å²) in [6, 6.07) is 0. The highest BCUT2D eigenvalue weighted by Crippen LogP contribution is 1.80. The number of aliphatic hydroxyl groups is 2. The monoisotopic (exact) mass is 104 g/mol. The molecule has 0 radical (unpaired) electrons. The van der Waals surface area contributed by atoms with Gasteiger partial charge in [0.2, 0.25) is 0 Å². The summed E-state index contributed by atoms with van der Waals surface area (Å²) in [7, 11) is 0. The van der Waals surface area contributed by atoms with E-state index in [0.29, 0.717) is 0 Å². The van der Waals surface area contributed by atoms with Crippen LogP contribution in [0.25, 0.3) is 0 Å². The SMILES string of the molecule is CC(O)N=NCO. The Hall–Kier alpha value is -0.480. The molecule has 42 valence electrons. The van der Waals surface area contributed by atoms with E-state index in [9.17, 15) is 0 Å². The fourth-order valence-corrected chi connectivity index (χ4v) is 0.155. The molecule has 4 heteroatoms. The smallest absolute Gasteiger partial charge is 0.162 e. The van der Waals surface area contributed by atoms with Gasteiger partial charge in [0, 0.05) is 0 Å². The maximum absolute atomic E-state index is 8.31. The van der Waals surface area contributed by atoms with Crippen LogP contribution in [0, 0.1) is 0 Å². The van der Waals surface area contributed by atoms with Crippen LogP contribution in [-0.2, 0) is 0 Å². The molecular formula is C3H8N2O2. The fraction of sp³-hybridized carbons (Fsp3) is 1.00. The molecular weight excluding hydrogens is 96.0 g/mol. The van der Waals surface area contributed by atoms with E-state index in [4.69, 9.17) is 10.2 Å². The van der Waals surface area contributed by atoms with E-state index in [1.807, 2.05) is 0 Å². The summed E-state index contributed by atoms with van der Waals surface area (Å²) in [5, 5.41) is 22.5. The van der Waals surface area contributed by atoms with Crippen LogP contribution < -0.4 is 0 Å². The second-order valence-electron chi connectivity index (χ2n) is 1.03. The third-order valence-corrected chi connectivity index (χ3v) is 0.312. The molecule has 0 bridgehead atoms. The Morgan fingerprint density at radius 2 is 2.29 bits per heavy atom. The lowest BCUT2D eigenvalue weighted by Gasteiger charge is -1.87. The second-order valence-corrected chi connectivity index (χ2v) is 1.03. The lowest BCUT2D eigenvalue weighted by Crippen LogP contribution is -1.91. The molecule has 0 aromatic rings. The average molecular weight is 104 g/mol. The fourth-order valence-electron chi connectivity index (χ4n) is 0.155. The second kappa shape index (κ2) is 3.70. The summed E-state index contributed by atoms with van der Waals surface area (Å²) >= 11 is 0. The van der Waals surface area contributed by atoms with Crippen LogP contribution in [0.5, 0.6) is 0 Å². The predicted octanol–water partition coefficient (Wildman–Crippen LogP) is -0.273. The summed E-state index contributed by atoms with van der Waals surface area (Å²) in [5.41, 5.74) is 0. The van der Waals surface area contributed by atoms with Gasteiger partial charge in [0.05, 0.1) is 0 Å². The minimum Gasteiger partial charge on any atom is -0.373 e. The Kier molecular flexibility index (Phi) is 3.45. The van der Waals surface area contributed by atoms with Crippen LogP contribution in [0.2, 0.25) is 0 Å². The van der Waals surface area contributed by atoms with Crippen LogP contribution in [0.4, 0.5) is 0 Å². The van der Waals surface area contributed by atoms with Crippen molar-refractivity contribution in [1.82, 2.24) is 0 Å². The van der Waals surface area contributed by atoms with Gasteiger partial charge in [-0.2, -0.15) is 10.2 Å². The lowest BCUT2D eigenvalue weighted by molar-refractivity contribution is 0.187. The number of azo groups is 1. The highest BCUT2D eigenvalue weighted by Gasteiger charge is 1.82. The van der Waals surface area contributed by atoms with Crippen LogP contribution >= 0.6 is 0 Å². The molecule has 1 unspecified atom stereocenters. The first-order valence-electron chi connectivity index (χ1n) is 1.93. The van der Waals surface area contributed by atoms with Crippen LogP contribution in [0.15, 0.2) is 10.2 Å². The maximum Gasteiger partial charge on any atom is 0.162 e. The van der Waals surface area contributed by atoms with E-state index >= 15 is 0 Å². The van der Waals surface area contributed by atoms with Crippen molar-refractivity contribution < 1.29 is 10.2 Å². The van der Waals surface area contributed by atoms with Crippen molar-refractivity contribution in [3.05, 3.63) is 0 Å². The van der Waals surface area contributed by atoms with Crippen molar-refractivity contribution in [2.45, 2.75) is 13.2 Å². The van der Waals surface area contributed by atoms with Gasteiger partial charge in [0.1, 0.15) is 0 Å². The Morgan fingerprint density at radius 1 is 1.71 bits per heavy atom. The average Bonchev–Trinajstić information content (AvgIpc) is 1.61. The van der Waals surface area contributed by atoms with Gasteiger partial charge in [0.15, 0.2) is 13.0 Å². The molecule has 4 nitrogen and oxygen atoms in total. The van der Waals surface area contributed by atoms with Gasteiger partial charge in [-0.05, 0) is 6.92 Å². The van der Waals surface area contributed by atoms with Crippen molar-refractivity contribution in [2.75, 3.05) is 6.73 Å². The van der Waals surface area contributed by atoms with Crippen LogP contribution in [0.1, 0.15) is 6.92 Å². The number of hydrogen-bond donors (Lipinski definition) is 2. The molecule has 7 heavy (non-hydrogen) atoms. The predicted molar refractivity (Wildman–Crippen MR) is 23.6 cm³/mol. The standard InChI is InChI=1S/C3H8N2O2/c1-3(7)5-4-2-6/h3,6-7H,2H2,1H3. The number of aliphatic hydroxyl groups excluding tert-OH is 2. The van der Waals surface area contributed by atoms with Crippen molar-refractivity contribution in [3.8, 4) is 0 Å². The molecule has 0 aliphatic carbocycles. The highest BCUT2D eigenvalue weighted by atomic mass is 16.3. The van der Waals surface area contributed by atoms with E-state index in [1.165, 1.54) is 6.92 Å². The number of hydrogen-bond acceptors (Lipinski definition) is 4. The van der Waals surface area contributed by atoms with Crippen molar-refractivity contribution in [2.24, 2.45) is 10.2 Å². The topological polar surface area (TPSA) is 65.2 Å². The molecule has 0 aliphatic rings. The molecule has 0 saturated carbocycles. The van der Waals surface area contributed by atoms with Gasteiger partial charge in [-0.3, -0.25) is 0 Å². The first kappa shape index (κ1) is 6.52. The molecule has 0 amide bonds. The Morgan fingerprint density at radius 3 is 2.43 bits per heavy atom. The summed E-state index contributed by atoms with van der Waals surface area (Å²) in [4.78, 5) is 0. The van der Waals surface area contributed by atoms with E-state index in [-0.39, 0.29) is 6.73 Å². The zero-order valence-electron chi connectivity index (χ0n) is 4.07. The molecule has 2 N–H and O–H groups in total. The Labute approximate surface area is 41.5 Å². The quantitative estimate of drug-likeness (QED) is 0.473. The van der Waals surface area contributed by atoms with Gasteiger partial charge < -0.3 is 10.2 Å². The molecule has 0 aromatic carbocycles. The Balaban J connectivity index is 3.08. The van der Waals surface area contributed by atoms with Gasteiger partial charge in [-0.15, -0.1) is 0 Å². The van der Waals surface area contributed by atoms with Gasteiger partial charge in [-0.25, -0.2) is 0 Å². The Bertz CT molecular complexity index is 62.0. The van der Waals surface area contributed by atoms with Crippen molar-refractivity contribution >= 4 is 0 Å². The third kappa shape index (κ3) is 5.52. The zero-order chi connectivity index (χ0) is 5.70. The first-order chi connectivity index (χ1) is 3.27. The van der Waals surface area contributed by atoms with Crippen LogP contribution in [0.3, 0.4) is 0 Å². The van der Waals surface area contributed by atoms with E-state index in [0.717, 1.165) is 0 Å². The lowest BCUT2D eigenvalue weighted by atomic mass is 10.7. The van der Waals surface area contributed by atoms with E-state index in [1.54, 1.807) is 0 Å². The number of nitrogens with zero attached hydrogens (tertiary/aromatic N) is 2. The largest absolute Gasteiger partial charge is 0.373 e. The molecule has 0 aromatic heterocycles. The van der Waals surface area contributed by atoms with Gasteiger partial charge in [-0.1, -0.05) is 0 Å². The molecule has 0 heterocycles. The minimum absolute atomic E-state index is 0.356. The normalized spacial score (nSPS) is 15.3. The summed E-state index contributed by atoms with van der Waals surface area (Å²) in [6.45, 7) is 1.10. The first-order valence-corrected chi connectivity index (χ1v) is 1.93. The summed E-state index contributed by atoms with van der Waals surface area (Å²) < 4.78 is 0. The molecule has 1 atom stereocenters. The number of rotatable bonds is 2. The van der Waals surface area contributed by atoms with Gasteiger partial charge >= 0.3 is 0 Å². The molecule has 0 aliphatic heterocycles.